The first-order valence-electron chi connectivity index (χ1n) is 9.69. The first kappa shape index (κ1) is 21.8. The van der Waals surface area contributed by atoms with Crippen LogP contribution in [0.1, 0.15) is 42.5 Å². The van der Waals surface area contributed by atoms with Crippen LogP contribution in [0, 0.1) is 12.7 Å². The number of ether oxygens (including phenoxy) is 1. The van der Waals surface area contributed by atoms with Crippen LogP contribution in [0.15, 0.2) is 42.0 Å². The number of halogens is 2. The number of methoxy groups -OCH3 is 1. The van der Waals surface area contributed by atoms with Crippen molar-refractivity contribution in [1.82, 2.24) is 4.90 Å². The Morgan fingerprint density at radius 2 is 1.97 bits per heavy atom. The van der Waals surface area contributed by atoms with Crippen LogP contribution in [-0.2, 0) is 9.59 Å². The zero-order valence-electron chi connectivity index (χ0n) is 17.0. The molecule has 1 amide bonds. The van der Waals surface area contributed by atoms with Gasteiger partial charge in [0.1, 0.15) is 17.3 Å². The highest BCUT2D eigenvalue weighted by atomic mass is 35.5. The smallest absolute Gasteiger partial charge is 0.295 e. The number of hydrogen-bond donors (Lipinski definition) is 1. The summed E-state index contributed by atoms with van der Waals surface area (Å²) in [6, 6.07) is 8.16. The molecule has 1 heterocycles. The second-order valence-electron chi connectivity index (χ2n) is 7.20. The second-order valence-corrected chi connectivity index (χ2v) is 7.60. The number of benzene rings is 2. The number of aliphatic hydroxyl groups excluding tert-OH is 1. The van der Waals surface area contributed by atoms with Gasteiger partial charge in [-0.3, -0.25) is 9.59 Å². The number of Topliss-reactive ketones (excluding diaryl/α,β-unsaturated/α-hetero) is 1. The number of aryl methyl sites for hydroxylation is 1. The Hall–Kier alpha value is -2.86. The molecule has 0 bridgehead atoms. The third-order valence-electron chi connectivity index (χ3n) is 5.14. The molecule has 3 rings (SSSR count). The van der Waals surface area contributed by atoms with Crippen LogP contribution in [0.2, 0.25) is 5.02 Å². The van der Waals surface area contributed by atoms with Crippen LogP contribution in [0.3, 0.4) is 0 Å². The highest BCUT2D eigenvalue weighted by Crippen LogP contribution is 2.43. The van der Waals surface area contributed by atoms with Crippen molar-refractivity contribution in [3.05, 3.63) is 69.5 Å². The lowest BCUT2D eigenvalue weighted by Gasteiger charge is -2.25. The van der Waals surface area contributed by atoms with E-state index in [1.807, 2.05) is 6.92 Å². The normalized spacial score (nSPS) is 18.2. The third-order valence-corrected chi connectivity index (χ3v) is 5.42. The molecule has 1 aliphatic heterocycles. The van der Waals surface area contributed by atoms with E-state index < -0.39 is 29.3 Å². The number of carbonyl (C=O) groups excluding carboxylic acids is 2. The molecule has 7 heteroatoms. The van der Waals surface area contributed by atoms with Gasteiger partial charge in [-0.2, -0.15) is 0 Å². The van der Waals surface area contributed by atoms with Crippen molar-refractivity contribution in [3.8, 4) is 5.75 Å². The summed E-state index contributed by atoms with van der Waals surface area (Å²) in [4.78, 5) is 27.1. The molecular weight excluding hydrogens is 409 g/mol. The topological polar surface area (TPSA) is 66.8 Å². The van der Waals surface area contributed by atoms with Gasteiger partial charge in [-0.05, 0) is 37.1 Å². The fourth-order valence-electron chi connectivity index (χ4n) is 3.72. The molecule has 0 saturated carbocycles. The summed E-state index contributed by atoms with van der Waals surface area (Å²) < 4.78 is 20.0. The summed E-state index contributed by atoms with van der Waals surface area (Å²) in [6.07, 6.45) is 1.42. The Kier molecular flexibility index (Phi) is 6.46. The van der Waals surface area contributed by atoms with E-state index in [4.69, 9.17) is 16.3 Å². The van der Waals surface area contributed by atoms with Crippen molar-refractivity contribution in [2.45, 2.75) is 32.7 Å². The summed E-state index contributed by atoms with van der Waals surface area (Å²) in [6.45, 7) is 3.99. The summed E-state index contributed by atoms with van der Waals surface area (Å²) >= 11 is 6.25. The largest absolute Gasteiger partial charge is 0.507 e. The standard InChI is InChI=1S/C23H23ClFNO4/c1-4-5-10-26-19(14-8-6-7-9-17(14)25)18(21(28)23(26)29)20(27)15-11-13(2)12-16(24)22(15)30-3/h6-9,11-12,19,27H,4-5,10H2,1-3H3/b20-18+. The Bertz CT molecular complexity index is 1030. The number of aliphatic hydroxyl groups is 1. The van der Waals surface area contributed by atoms with Crippen LogP contribution >= 0.6 is 11.6 Å². The molecule has 1 atom stereocenters. The number of likely N-dealkylation sites (tertiary alicyclic amines) is 1. The minimum atomic E-state index is -1.04. The molecule has 2 aromatic carbocycles. The van der Waals surface area contributed by atoms with E-state index in [0.29, 0.717) is 6.42 Å². The molecule has 5 nitrogen and oxygen atoms in total. The van der Waals surface area contributed by atoms with E-state index in [1.54, 1.807) is 25.1 Å². The molecule has 30 heavy (non-hydrogen) atoms. The molecule has 0 aliphatic carbocycles. The lowest BCUT2D eigenvalue weighted by Crippen LogP contribution is -2.31. The average Bonchev–Trinajstić information content (AvgIpc) is 2.96. The van der Waals surface area contributed by atoms with E-state index >= 15 is 0 Å². The predicted molar refractivity (Wildman–Crippen MR) is 113 cm³/mol. The molecule has 0 aromatic heterocycles. The number of carbonyl (C=O) groups is 2. The van der Waals surface area contributed by atoms with Gasteiger partial charge in [0.05, 0.1) is 29.3 Å². The Morgan fingerprint density at radius 1 is 1.27 bits per heavy atom. The van der Waals surface area contributed by atoms with Crippen LogP contribution < -0.4 is 4.74 Å². The maximum atomic E-state index is 14.7. The molecule has 1 unspecified atom stereocenters. The van der Waals surface area contributed by atoms with Crippen LogP contribution in [-0.4, -0.2) is 35.4 Å². The highest BCUT2D eigenvalue weighted by Gasteiger charge is 2.46. The summed E-state index contributed by atoms with van der Waals surface area (Å²) in [5.74, 6) is -2.46. The van der Waals surface area contributed by atoms with E-state index in [1.165, 1.54) is 30.2 Å². The Morgan fingerprint density at radius 3 is 2.60 bits per heavy atom. The van der Waals surface area contributed by atoms with Gasteiger partial charge in [-0.15, -0.1) is 0 Å². The Balaban J connectivity index is 2.28. The minimum absolute atomic E-state index is 0.145. The van der Waals surface area contributed by atoms with Gasteiger partial charge in [0, 0.05) is 12.1 Å². The van der Waals surface area contributed by atoms with Crippen molar-refractivity contribution in [3.63, 3.8) is 0 Å². The molecule has 0 radical (unpaired) electrons. The third kappa shape index (κ3) is 3.79. The summed E-state index contributed by atoms with van der Waals surface area (Å²) in [5.41, 5.74) is 0.871. The lowest BCUT2D eigenvalue weighted by atomic mass is 9.94. The SMILES string of the molecule is CCCCN1C(=O)C(=O)/C(=C(/O)c2cc(C)cc(Cl)c2OC)C1c1ccccc1F. The van der Waals surface area contributed by atoms with Crippen molar-refractivity contribution in [2.75, 3.05) is 13.7 Å². The summed E-state index contributed by atoms with van der Waals surface area (Å²) in [5, 5.41) is 11.4. The maximum absolute atomic E-state index is 14.7. The highest BCUT2D eigenvalue weighted by molar-refractivity contribution is 6.46. The van der Waals surface area contributed by atoms with Gasteiger partial charge in [0.15, 0.2) is 0 Å². The first-order chi connectivity index (χ1) is 14.3. The van der Waals surface area contributed by atoms with Crippen molar-refractivity contribution < 1.29 is 23.8 Å². The molecule has 1 N–H and O–H groups in total. The van der Waals surface area contributed by atoms with Crippen molar-refractivity contribution in [1.29, 1.82) is 0 Å². The lowest BCUT2D eigenvalue weighted by molar-refractivity contribution is -0.139. The maximum Gasteiger partial charge on any atom is 0.295 e. The number of ketones is 1. The van der Waals surface area contributed by atoms with Crippen LogP contribution in [0.25, 0.3) is 5.76 Å². The van der Waals surface area contributed by atoms with E-state index in [-0.39, 0.29) is 34.0 Å². The van der Waals surface area contributed by atoms with Crippen molar-refractivity contribution in [2.24, 2.45) is 0 Å². The molecule has 1 aliphatic rings. The van der Waals surface area contributed by atoms with Gasteiger partial charge >= 0.3 is 0 Å². The number of unbranched alkanes of at least 4 members (excludes halogenated alkanes) is 1. The molecule has 1 fully saturated rings. The second kappa shape index (κ2) is 8.88. The predicted octanol–water partition coefficient (Wildman–Crippen LogP) is 5.02. The first-order valence-corrected chi connectivity index (χ1v) is 10.1. The average molecular weight is 432 g/mol. The number of nitrogens with zero attached hydrogens (tertiary/aromatic N) is 1. The van der Waals surface area contributed by atoms with Gasteiger partial charge in [-0.1, -0.05) is 43.1 Å². The van der Waals surface area contributed by atoms with E-state index in [0.717, 1.165) is 12.0 Å². The van der Waals surface area contributed by atoms with Crippen LogP contribution in [0.5, 0.6) is 5.75 Å². The number of amides is 1. The van der Waals surface area contributed by atoms with Crippen LogP contribution in [0.4, 0.5) is 4.39 Å². The number of hydrogen-bond acceptors (Lipinski definition) is 4. The van der Waals surface area contributed by atoms with E-state index in [2.05, 4.69) is 0 Å². The monoisotopic (exact) mass is 431 g/mol. The molecule has 158 valence electrons. The summed E-state index contributed by atoms with van der Waals surface area (Å²) in [7, 11) is 1.39. The fraction of sp³-hybridized carbons (Fsp3) is 0.304. The van der Waals surface area contributed by atoms with Crippen molar-refractivity contribution >= 4 is 29.1 Å². The molecule has 0 spiro atoms. The fourth-order valence-corrected chi connectivity index (χ4v) is 4.07. The van der Waals surface area contributed by atoms with Gasteiger partial charge in [-0.25, -0.2) is 4.39 Å². The van der Waals surface area contributed by atoms with Gasteiger partial charge in [0.25, 0.3) is 11.7 Å². The Labute approximate surface area is 179 Å². The van der Waals surface area contributed by atoms with E-state index in [9.17, 15) is 19.1 Å². The zero-order valence-corrected chi connectivity index (χ0v) is 17.8. The zero-order chi connectivity index (χ0) is 22.0. The molecule has 2 aromatic rings. The number of rotatable bonds is 6. The van der Waals surface area contributed by atoms with Gasteiger partial charge in [0.2, 0.25) is 0 Å². The molecular formula is C23H23ClFNO4. The molecule has 1 saturated heterocycles. The quantitative estimate of drug-likeness (QED) is 0.396. The minimum Gasteiger partial charge on any atom is -0.507 e. The van der Waals surface area contributed by atoms with Gasteiger partial charge < -0.3 is 14.7 Å².